The predicted molar refractivity (Wildman–Crippen MR) is 84.0 cm³/mol. The van der Waals surface area contributed by atoms with Crippen molar-refractivity contribution in [3.05, 3.63) is 21.6 Å². The normalized spacial score (nSPS) is 20.6. The first-order valence-corrected chi connectivity index (χ1v) is 7.67. The van der Waals surface area contributed by atoms with Gasteiger partial charge in [-0.1, -0.05) is 11.6 Å². The minimum atomic E-state index is -0.269. The van der Waals surface area contributed by atoms with E-state index in [1.54, 1.807) is 13.3 Å². The minimum absolute atomic E-state index is 0.140. The molecule has 0 amide bonds. The first-order valence-electron chi connectivity index (χ1n) is 7.29. The standard InChI is InChI=1S/C14H23ClN4O2/c1-10(16)11-4-3-5-18(9-11)12-8-17-19(6-7-21-2)14(20)13(12)15/h8,10-11H,3-7,9,16H2,1-2H3. The van der Waals surface area contributed by atoms with Gasteiger partial charge in [0.2, 0.25) is 0 Å². The van der Waals surface area contributed by atoms with E-state index < -0.39 is 0 Å². The molecule has 0 saturated carbocycles. The van der Waals surface area contributed by atoms with E-state index in [0.29, 0.717) is 24.8 Å². The molecule has 21 heavy (non-hydrogen) atoms. The second-order valence-electron chi connectivity index (χ2n) is 5.57. The van der Waals surface area contributed by atoms with Gasteiger partial charge in [0, 0.05) is 26.2 Å². The number of anilines is 1. The van der Waals surface area contributed by atoms with Crippen molar-refractivity contribution in [3.8, 4) is 0 Å². The summed E-state index contributed by atoms with van der Waals surface area (Å²) < 4.78 is 6.30. The van der Waals surface area contributed by atoms with Crippen molar-refractivity contribution in [1.82, 2.24) is 9.78 Å². The van der Waals surface area contributed by atoms with Gasteiger partial charge in [0.15, 0.2) is 0 Å². The molecule has 2 heterocycles. The number of hydrogen-bond donors (Lipinski definition) is 1. The number of rotatable bonds is 5. The Bertz CT molecular complexity index is 532. The highest BCUT2D eigenvalue weighted by Crippen LogP contribution is 2.27. The molecule has 1 aliphatic heterocycles. The van der Waals surface area contributed by atoms with Crippen LogP contribution in [0.1, 0.15) is 19.8 Å². The summed E-state index contributed by atoms with van der Waals surface area (Å²) >= 11 is 6.25. The SMILES string of the molecule is COCCn1ncc(N2CCCC(C(C)N)C2)c(Cl)c1=O. The van der Waals surface area contributed by atoms with Gasteiger partial charge in [0.25, 0.3) is 5.56 Å². The molecule has 0 aromatic carbocycles. The van der Waals surface area contributed by atoms with Gasteiger partial charge in [0.1, 0.15) is 5.02 Å². The molecule has 0 radical (unpaired) electrons. The van der Waals surface area contributed by atoms with Crippen molar-refractivity contribution in [2.24, 2.45) is 11.7 Å². The summed E-state index contributed by atoms with van der Waals surface area (Å²) in [5.74, 6) is 0.422. The third-order valence-corrected chi connectivity index (χ3v) is 4.37. The lowest BCUT2D eigenvalue weighted by atomic mass is 9.92. The molecular formula is C14H23ClN4O2. The van der Waals surface area contributed by atoms with Crippen molar-refractivity contribution in [1.29, 1.82) is 0 Å². The Labute approximate surface area is 129 Å². The fourth-order valence-corrected chi connectivity index (χ4v) is 2.94. The molecule has 2 unspecified atom stereocenters. The topological polar surface area (TPSA) is 73.4 Å². The summed E-state index contributed by atoms with van der Waals surface area (Å²) in [5, 5.41) is 4.42. The van der Waals surface area contributed by atoms with Gasteiger partial charge < -0.3 is 15.4 Å². The van der Waals surface area contributed by atoms with Crippen molar-refractivity contribution >= 4 is 17.3 Å². The summed E-state index contributed by atoms with van der Waals surface area (Å²) in [6, 6.07) is 0.140. The van der Waals surface area contributed by atoms with Gasteiger partial charge in [-0.05, 0) is 25.7 Å². The van der Waals surface area contributed by atoms with Crippen molar-refractivity contribution < 1.29 is 4.74 Å². The van der Waals surface area contributed by atoms with Crippen LogP contribution in [0, 0.1) is 5.92 Å². The molecule has 1 aliphatic rings. The van der Waals surface area contributed by atoms with Crippen molar-refractivity contribution in [3.63, 3.8) is 0 Å². The quantitative estimate of drug-likeness (QED) is 0.881. The Balaban J connectivity index is 2.20. The Morgan fingerprint density at radius 2 is 2.38 bits per heavy atom. The minimum Gasteiger partial charge on any atom is -0.383 e. The van der Waals surface area contributed by atoms with E-state index in [1.165, 1.54) is 4.68 Å². The van der Waals surface area contributed by atoms with Crippen LogP contribution in [0.3, 0.4) is 0 Å². The highest BCUT2D eigenvalue weighted by Gasteiger charge is 2.25. The molecule has 1 saturated heterocycles. The molecule has 2 atom stereocenters. The fraction of sp³-hybridized carbons (Fsp3) is 0.714. The van der Waals surface area contributed by atoms with Gasteiger partial charge in [-0.3, -0.25) is 4.79 Å². The maximum atomic E-state index is 12.2. The molecule has 2 N–H and O–H groups in total. The third kappa shape index (κ3) is 3.75. The van der Waals surface area contributed by atoms with Gasteiger partial charge in [0.05, 0.1) is 25.0 Å². The van der Waals surface area contributed by atoms with Gasteiger partial charge in [-0.15, -0.1) is 0 Å². The largest absolute Gasteiger partial charge is 0.383 e. The molecule has 1 fully saturated rings. The van der Waals surface area contributed by atoms with Crippen molar-refractivity contribution in [2.75, 3.05) is 31.7 Å². The first-order chi connectivity index (χ1) is 10.0. The summed E-state index contributed by atoms with van der Waals surface area (Å²) in [6.45, 7) is 4.56. The maximum absolute atomic E-state index is 12.2. The number of ether oxygens (including phenoxy) is 1. The second-order valence-corrected chi connectivity index (χ2v) is 5.95. The Morgan fingerprint density at radius 1 is 1.62 bits per heavy atom. The van der Waals surface area contributed by atoms with Crippen LogP contribution in [0.4, 0.5) is 5.69 Å². The summed E-state index contributed by atoms with van der Waals surface area (Å²) in [5.41, 5.74) is 6.44. The predicted octanol–water partition coefficient (Wildman–Crippen LogP) is 1.11. The highest BCUT2D eigenvalue weighted by atomic mass is 35.5. The lowest BCUT2D eigenvalue weighted by Gasteiger charge is -2.36. The Hall–Kier alpha value is -1.11. The van der Waals surface area contributed by atoms with Crippen LogP contribution in [0.15, 0.2) is 11.0 Å². The van der Waals surface area contributed by atoms with E-state index in [1.807, 2.05) is 6.92 Å². The average Bonchev–Trinajstić information content (AvgIpc) is 2.49. The molecule has 7 heteroatoms. The molecule has 1 aromatic heterocycles. The zero-order valence-corrected chi connectivity index (χ0v) is 13.3. The van der Waals surface area contributed by atoms with Crippen LogP contribution in [-0.4, -0.2) is 42.6 Å². The van der Waals surface area contributed by atoms with E-state index in [-0.39, 0.29) is 16.6 Å². The van der Waals surface area contributed by atoms with E-state index >= 15 is 0 Å². The molecule has 0 spiro atoms. The van der Waals surface area contributed by atoms with Crippen LogP contribution in [0.5, 0.6) is 0 Å². The van der Waals surface area contributed by atoms with Crippen LogP contribution < -0.4 is 16.2 Å². The molecule has 118 valence electrons. The number of methoxy groups -OCH3 is 1. The van der Waals surface area contributed by atoms with E-state index in [0.717, 1.165) is 25.9 Å². The van der Waals surface area contributed by atoms with Crippen LogP contribution in [-0.2, 0) is 11.3 Å². The zero-order valence-electron chi connectivity index (χ0n) is 12.6. The number of nitrogens with two attached hydrogens (primary N) is 1. The van der Waals surface area contributed by atoms with Gasteiger partial charge >= 0.3 is 0 Å². The maximum Gasteiger partial charge on any atom is 0.287 e. The number of hydrogen-bond acceptors (Lipinski definition) is 5. The van der Waals surface area contributed by atoms with E-state index in [2.05, 4.69) is 10.00 Å². The molecule has 6 nitrogen and oxygen atoms in total. The second kappa shape index (κ2) is 7.24. The Morgan fingerprint density at radius 3 is 3.05 bits per heavy atom. The number of halogens is 1. The van der Waals surface area contributed by atoms with Gasteiger partial charge in [-0.2, -0.15) is 5.10 Å². The first kappa shape index (κ1) is 16.3. The van der Waals surface area contributed by atoms with Crippen LogP contribution in [0.25, 0.3) is 0 Å². The molecule has 0 bridgehead atoms. The number of nitrogens with zero attached hydrogens (tertiary/aromatic N) is 3. The third-order valence-electron chi connectivity index (χ3n) is 4.02. The molecular weight excluding hydrogens is 292 g/mol. The molecule has 0 aliphatic carbocycles. The smallest absolute Gasteiger partial charge is 0.287 e. The van der Waals surface area contributed by atoms with E-state index in [9.17, 15) is 4.79 Å². The van der Waals surface area contributed by atoms with Crippen LogP contribution >= 0.6 is 11.6 Å². The van der Waals surface area contributed by atoms with Gasteiger partial charge in [-0.25, -0.2) is 4.68 Å². The van der Waals surface area contributed by atoms with Crippen LogP contribution in [0.2, 0.25) is 5.02 Å². The highest BCUT2D eigenvalue weighted by molar-refractivity contribution is 6.33. The average molecular weight is 315 g/mol. The summed E-state index contributed by atoms with van der Waals surface area (Å²) in [4.78, 5) is 14.3. The zero-order chi connectivity index (χ0) is 15.4. The molecule has 2 rings (SSSR count). The van der Waals surface area contributed by atoms with Crippen molar-refractivity contribution in [2.45, 2.75) is 32.4 Å². The lowest BCUT2D eigenvalue weighted by Crippen LogP contribution is -2.43. The Kier molecular flexibility index (Phi) is 5.61. The monoisotopic (exact) mass is 314 g/mol. The lowest BCUT2D eigenvalue weighted by molar-refractivity contribution is 0.182. The fourth-order valence-electron chi connectivity index (χ4n) is 2.67. The summed E-state index contributed by atoms with van der Waals surface area (Å²) in [7, 11) is 1.59. The number of aromatic nitrogens is 2. The summed E-state index contributed by atoms with van der Waals surface area (Å²) in [6.07, 6.45) is 3.84. The molecule has 1 aromatic rings. The number of piperidine rings is 1. The van der Waals surface area contributed by atoms with E-state index in [4.69, 9.17) is 22.1 Å².